The molecular formula is C43H25N3O2. The lowest BCUT2D eigenvalue weighted by atomic mass is 9.98. The van der Waals surface area contributed by atoms with Gasteiger partial charge in [-0.25, -0.2) is 15.0 Å². The molecule has 0 aliphatic carbocycles. The van der Waals surface area contributed by atoms with Gasteiger partial charge in [-0.2, -0.15) is 0 Å². The monoisotopic (exact) mass is 615 g/mol. The first-order valence-corrected chi connectivity index (χ1v) is 15.9. The van der Waals surface area contributed by atoms with E-state index in [-0.39, 0.29) is 0 Å². The van der Waals surface area contributed by atoms with Crippen LogP contribution in [0.5, 0.6) is 0 Å². The van der Waals surface area contributed by atoms with Gasteiger partial charge < -0.3 is 8.83 Å². The van der Waals surface area contributed by atoms with Crippen molar-refractivity contribution in [2.75, 3.05) is 0 Å². The lowest BCUT2D eigenvalue weighted by Gasteiger charge is -2.11. The third kappa shape index (κ3) is 4.15. The van der Waals surface area contributed by atoms with E-state index in [0.717, 1.165) is 82.5 Å². The Labute approximate surface area is 274 Å². The van der Waals surface area contributed by atoms with Crippen LogP contribution in [-0.4, -0.2) is 15.0 Å². The van der Waals surface area contributed by atoms with Crippen LogP contribution in [0.15, 0.2) is 160 Å². The van der Waals surface area contributed by atoms with E-state index in [9.17, 15) is 0 Å². The Bertz CT molecular complexity index is 2840. The fraction of sp³-hybridized carbons (Fsp3) is 0. The highest BCUT2D eigenvalue weighted by molar-refractivity contribution is 6.22. The van der Waals surface area contributed by atoms with Gasteiger partial charge in [0.2, 0.25) is 0 Å². The molecule has 0 atom stereocenters. The fourth-order valence-corrected chi connectivity index (χ4v) is 6.93. The summed E-state index contributed by atoms with van der Waals surface area (Å²) < 4.78 is 12.9. The molecule has 10 aromatic rings. The summed E-state index contributed by atoms with van der Waals surface area (Å²) in [5.41, 5.74) is 8.00. The van der Waals surface area contributed by atoms with Crippen molar-refractivity contribution in [3.05, 3.63) is 152 Å². The maximum absolute atomic E-state index is 6.46. The number of hydrogen-bond acceptors (Lipinski definition) is 5. The minimum atomic E-state index is 0.572. The minimum absolute atomic E-state index is 0.572. The van der Waals surface area contributed by atoms with E-state index >= 15 is 0 Å². The second kappa shape index (κ2) is 10.5. The Kier molecular flexibility index (Phi) is 5.81. The van der Waals surface area contributed by atoms with Crippen LogP contribution in [0.2, 0.25) is 0 Å². The van der Waals surface area contributed by atoms with Crippen LogP contribution in [0, 0.1) is 0 Å². The van der Waals surface area contributed by atoms with Gasteiger partial charge in [0.15, 0.2) is 17.5 Å². The quantitative estimate of drug-likeness (QED) is 0.197. The van der Waals surface area contributed by atoms with E-state index in [4.69, 9.17) is 23.8 Å². The normalized spacial score (nSPS) is 11.8. The Hall–Kier alpha value is -6.59. The van der Waals surface area contributed by atoms with Gasteiger partial charge in [-0.15, -0.1) is 0 Å². The zero-order valence-corrected chi connectivity index (χ0v) is 25.6. The summed E-state index contributed by atoms with van der Waals surface area (Å²) in [6, 6.07) is 51.5. The Balaban J connectivity index is 1.31. The van der Waals surface area contributed by atoms with E-state index in [1.807, 2.05) is 84.9 Å². The third-order valence-corrected chi connectivity index (χ3v) is 9.12. The van der Waals surface area contributed by atoms with Gasteiger partial charge in [0.1, 0.15) is 22.3 Å². The van der Waals surface area contributed by atoms with Crippen molar-refractivity contribution in [3.8, 4) is 45.3 Å². The molecule has 0 unspecified atom stereocenters. The second-order valence-electron chi connectivity index (χ2n) is 12.0. The van der Waals surface area contributed by atoms with Crippen LogP contribution in [0.4, 0.5) is 0 Å². The Morgan fingerprint density at radius 2 is 0.958 bits per heavy atom. The topological polar surface area (TPSA) is 65.0 Å². The van der Waals surface area contributed by atoms with Gasteiger partial charge in [-0.05, 0) is 52.2 Å². The predicted molar refractivity (Wildman–Crippen MR) is 194 cm³/mol. The van der Waals surface area contributed by atoms with Crippen molar-refractivity contribution < 1.29 is 8.83 Å². The first kappa shape index (κ1) is 26.6. The molecule has 0 aliphatic heterocycles. The standard InChI is InChI=1S/C43H25N3O2/c1-3-12-26(13-4-1)29-24-33(38-31-18-9-10-20-34(31)47-37(38)25-29)43-45-41(28-15-5-2-6-16-28)44-42(46-43)32-19-11-21-35-40(32)39-30-17-8-7-14-27(30)22-23-36(39)48-35/h1-25H. The number of rotatable bonds is 4. The highest BCUT2D eigenvalue weighted by atomic mass is 16.3. The lowest BCUT2D eigenvalue weighted by molar-refractivity contribution is 0.669. The van der Waals surface area contributed by atoms with E-state index in [0.29, 0.717) is 17.5 Å². The zero-order valence-electron chi connectivity index (χ0n) is 25.6. The maximum Gasteiger partial charge on any atom is 0.164 e. The number of para-hydroxylation sites is 1. The van der Waals surface area contributed by atoms with Crippen molar-refractivity contribution in [2.24, 2.45) is 0 Å². The van der Waals surface area contributed by atoms with Crippen molar-refractivity contribution in [1.29, 1.82) is 0 Å². The fourth-order valence-electron chi connectivity index (χ4n) is 6.93. The van der Waals surface area contributed by atoms with Crippen LogP contribution < -0.4 is 0 Å². The van der Waals surface area contributed by atoms with Crippen molar-refractivity contribution >= 4 is 54.6 Å². The molecule has 3 aromatic heterocycles. The summed E-state index contributed by atoms with van der Waals surface area (Å²) in [7, 11) is 0. The van der Waals surface area contributed by atoms with Crippen LogP contribution >= 0.6 is 0 Å². The van der Waals surface area contributed by atoms with Crippen molar-refractivity contribution in [1.82, 2.24) is 15.0 Å². The summed E-state index contributed by atoms with van der Waals surface area (Å²) in [5, 5.41) is 6.30. The molecule has 0 amide bonds. The minimum Gasteiger partial charge on any atom is -0.456 e. The van der Waals surface area contributed by atoms with Crippen molar-refractivity contribution in [2.45, 2.75) is 0 Å². The summed E-state index contributed by atoms with van der Waals surface area (Å²) in [6.45, 7) is 0. The molecular weight excluding hydrogens is 590 g/mol. The number of hydrogen-bond donors (Lipinski definition) is 0. The number of furan rings is 2. The number of fused-ring (bicyclic) bond motifs is 8. The lowest BCUT2D eigenvalue weighted by Crippen LogP contribution is -2.01. The smallest absolute Gasteiger partial charge is 0.164 e. The molecule has 0 spiro atoms. The molecule has 0 saturated carbocycles. The van der Waals surface area contributed by atoms with E-state index < -0.39 is 0 Å². The highest BCUT2D eigenvalue weighted by Crippen LogP contribution is 2.42. The number of nitrogens with zero attached hydrogens (tertiary/aromatic N) is 3. The molecule has 48 heavy (non-hydrogen) atoms. The van der Waals surface area contributed by atoms with E-state index in [2.05, 4.69) is 66.7 Å². The van der Waals surface area contributed by atoms with E-state index in [1.54, 1.807) is 0 Å². The summed E-state index contributed by atoms with van der Waals surface area (Å²) in [6.07, 6.45) is 0. The van der Waals surface area contributed by atoms with Gasteiger partial charge in [0.05, 0.1) is 0 Å². The zero-order chi connectivity index (χ0) is 31.6. The third-order valence-electron chi connectivity index (χ3n) is 9.12. The molecule has 0 aliphatic rings. The molecule has 0 bridgehead atoms. The Morgan fingerprint density at radius 1 is 0.333 bits per heavy atom. The molecule has 0 fully saturated rings. The van der Waals surface area contributed by atoms with E-state index in [1.165, 1.54) is 0 Å². The van der Waals surface area contributed by atoms with Gasteiger partial charge >= 0.3 is 0 Å². The molecule has 0 radical (unpaired) electrons. The molecule has 224 valence electrons. The van der Waals surface area contributed by atoms with Crippen LogP contribution in [0.1, 0.15) is 0 Å². The first-order chi connectivity index (χ1) is 23.8. The SMILES string of the molecule is c1ccc(-c2cc(-c3nc(-c4ccccc4)nc(-c4cccc5oc6ccc7ccccc7c6c45)n3)c3c(c2)oc2ccccc23)cc1. The van der Waals surface area contributed by atoms with Crippen molar-refractivity contribution in [3.63, 3.8) is 0 Å². The second-order valence-corrected chi connectivity index (χ2v) is 12.0. The molecule has 3 heterocycles. The summed E-state index contributed by atoms with van der Waals surface area (Å²) in [5.74, 6) is 1.74. The van der Waals surface area contributed by atoms with Crippen LogP contribution in [0.25, 0.3) is 99.9 Å². The molecule has 10 rings (SSSR count). The molecule has 0 N–H and O–H groups in total. The van der Waals surface area contributed by atoms with Gasteiger partial charge in [-0.1, -0.05) is 121 Å². The Morgan fingerprint density at radius 3 is 1.79 bits per heavy atom. The number of benzene rings is 7. The molecule has 5 heteroatoms. The highest BCUT2D eigenvalue weighted by Gasteiger charge is 2.22. The largest absolute Gasteiger partial charge is 0.456 e. The predicted octanol–water partition coefficient (Wildman–Crippen LogP) is 11.5. The first-order valence-electron chi connectivity index (χ1n) is 15.9. The molecule has 5 nitrogen and oxygen atoms in total. The van der Waals surface area contributed by atoms with Gasteiger partial charge in [0, 0.05) is 38.2 Å². The summed E-state index contributed by atoms with van der Waals surface area (Å²) >= 11 is 0. The number of aromatic nitrogens is 3. The maximum atomic E-state index is 6.46. The average molecular weight is 616 g/mol. The van der Waals surface area contributed by atoms with Gasteiger partial charge in [-0.3, -0.25) is 0 Å². The van der Waals surface area contributed by atoms with Crippen LogP contribution in [0.3, 0.4) is 0 Å². The average Bonchev–Trinajstić information content (AvgIpc) is 3.74. The van der Waals surface area contributed by atoms with Crippen LogP contribution in [-0.2, 0) is 0 Å². The molecule has 0 saturated heterocycles. The summed E-state index contributed by atoms with van der Waals surface area (Å²) in [4.78, 5) is 15.6. The molecule has 7 aromatic carbocycles. The van der Waals surface area contributed by atoms with Gasteiger partial charge in [0.25, 0.3) is 0 Å².